The fourth-order valence-corrected chi connectivity index (χ4v) is 2.25. The van der Waals surface area contributed by atoms with E-state index >= 15 is 0 Å². The molecule has 0 aliphatic carbocycles. The number of hydrogen-bond donors (Lipinski definition) is 1. The summed E-state index contributed by atoms with van der Waals surface area (Å²) in [5.74, 6) is 0.0395. The summed E-state index contributed by atoms with van der Waals surface area (Å²) in [7, 11) is 0. The summed E-state index contributed by atoms with van der Waals surface area (Å²) in [5.41, 5.74) is 2.77. The Kier molecular flexibility index (Phi) is 4.79. The van der Waals surface area contributed by atoms with Crippen LogP contribution in [0.2, 0.25) is 0 Å². The molecule has 0 aliphatic rings. The fourth-order valence-electron chi connectivity index (χ4n) is 2.05. The molecule has 1 aromatic carbocycles. The van der Waals surface area contributed by atoms with Crippen LogP contribution in [0.4, 0.5) is 0 Å². The van der Waals surface area contributed by atoms with Gasteiger partial charge in [0.15, 0.2) is 0 Å². The second kappa shape index (κ2) is 6.57. The zero-order chi connectivity index (χ0) is 14.5. The third-order valence-electron chi connectivity index (χ3n) is 3.24. The smallest absolute Gasteiger partial charge is 0.254 e. The van der Waals surface area contributed by atoms with Crippen LogP contribution in [0.15, 0.2) is 47.6 Å². The van der Waals surface area contributed by atoms with Crippen molar-refractivity contribution in [3.63, 3.8) is 0 Å². The molecule has 1 amide bonds. The van der Waals surface area contributed by atoms with Crippen molar-refractivity contribution >= 4 is 18.5 Å². The van der Waals surface area contributed by atoms with Gasteiger partial charge in [-0.3, -0.25) is 9.78 Å². The molecule has 2 aromatic rings. The summed E-state index contributed by atoms with van der Waals surface area (Å²) < 4.78 is 0. The number of amides is 1. The molecule has 2 rings (SSSR count). The molecular weight excluding hydrogens is 268 g/mol. The molecule has 0 saturated carbocycles. The summed E-state index contributed by atoms with van der Waals surface area (Å²) in [5, 5.41) is 0. The van der Waals surface area contributed by atoms with Crippen molar-refractivity contribution in [2.75, 3.05) is 6.54 Å². The van der Waals surface area contributed by atoms with Crippen LogP contribution in [-0.2, 0) is 6.54 Å². The lowest BCUT2D eigenvalue weighted by molar-refractivity contribution is 0.0751. The quantitative estimate of drug-likeness (QED) is 0.875. The van der Waals surface area contributed by atoms with Gasteiger partial charge in [0.05, 0.1) is 0 Å². The Morgan fingerprint density at radius 3 is 2.60 bits per heavy atom. The maximum atomic E-state index is 12.6. The highest BCUT2D eigenvalue weighted by molar-refractivity contribution is 7.80. The van der Waals surface area contributed by atoms with E-state index in [4.69, 9.17) is 0 Å². The third kappa shape index (κ3) is 3.39. The number of carbonyl (C=O) groups excluding carboxylic acids is 1. The molecular formula is C16H18N2OS. The van der Waals surface area contributed by atoms with Gasteiger partial charge < -0.3 is 4.90 Å². The van der Waals surface area contributed by atoms with E-state index in [2.05, 4.69) is 17.6 Å². The maximum Gasteiger partial charge on any atom is 0.254 e. The van der Waals surface area contributed by atoms with Gasteiger partial charge in [0.25, 0.3) is 5.91 Å². The zero-order valence-corrected chi connectivity index (χ0v) is 12.6. The first-order valence-corrected chi connectivity index (χ1v) is 7.04. The lowest BCUT2D eigenvalue weighted by Crippen LogP contribution is -2.30. The molecule has 20 heavy (non-hydrogen) atoms. The molecule has 0 atom stereocenters. The lowest BCUT2D eigenvalue weighted by atomic mass is 10.1. The summed E-state index contributed by atoms with van der Waals surface area (Å²) in [6, 6.07) is 9.51. The second-order valence-corrected chi connectivity index (χ2v) is 5.19. The molecule has 104 valence electrons. The number of benzene rings is 1. The number of carbonyl (C=O) groups is 1. The Balaban J connectivity index is 2.23. The summed E-state index contributed by atoms with van der Waals surface area (Å²) in [4.78, 5) is 19.3. The first kappa shape index (κ1) is 14.6. The van der Waals surface area contributed by atoms with Gasteiger partial charge in [-0.1, -0.05) is 6.07 Å². The van der Waals surface area contributed by atoms with Gasteiger partial charge >= 0.3 is 0 Å². The number of pyridine rings is 1. The van der Waals surface area contributed by atoms with Crippen LogP contribution >= 0.6 is 12.6 Å². The van der Waals surface area contributed by atoms with E-state index in [9.17, 15) is 4.79 Å². The van der Waals surface area contributed by atoms with Gasteiger partial charge in [0, 0.05) is 35.9 Å². The monoisotopic (exact) mass is 286 g/mol. The molecule has 0 N–H and O–H groups in total. The molecule has 0 fully saturated rings. The van der Waals surface area contributed by atoms with Crippen LogP contribution in [0, 0.1) is 6.92 Å². The van der Waals surface area contributed by atoms with Crippen LogP contribution in [0.1, 0.15) is 28.4 Å². The van der Waals surface area contributed by atoms with Crippen molar-refractivity contribution < 1.29 is 4.79 Å². The normalized spacial score (nSPS) is 10.3. The number of aromatic nitrogens is 1. The summed E-state index contributed by atoms with van der Waals surface area (Å²) in [6.07, 6.45) is 3.49. The van der Waals surface area contributed by atoms with Gasteiger partial charge in [-0.25, -0.2) is 0 Å². The van der Waals surface area contributed by atoms with Crippen molar-refractivity contribution in [1.29, 1.82) is 0 Å². The molecule has 4 heteroatoms. The third-order valence-corrected chi connectivity index (χ3v) is 3.52. The molecule has 1 heterocycles. The Morgan fingerprint density at radius 2 is 1.95 bits per heavy atom. The van der Waals surface area contributed by atoms with Gasteiger partial charge in [-0.2, -0.15) is 0 Å². The predicted octanol–water partition coefficient (Wildman–Crippen LogP) is 3.34. The minimum atomic E-state index is 0.0395. The molecule has 0 bridgehead atoms. The van der Waals surface area contributed by atoms with Gasteiger partial charge in [0.1, 0.15) is 0 Å². The van der Waals surface area contributed by atoms with Crippen molar-refractivity contribution in [2.24, 2.45) is 0 Å². The first-order chi connectivity index (χ1) is 9.61. The van der Waals surface area contributed by atoms with Crippen LogP contribution in [-0.4, -0.2) is 22.3 Å². The summed E-state index contributed by atoms with van der Waals surface area (Å²) in [6.45, 7) is 5.19. The van der Waals surface area contributed by atoms with Crippen molar-refractivity contribution in [1.82, 2.24) is 9.88 Å². The largest absolute Gasteiger partial charge is 0.335 e. The SMILES string of the molecule is CCN(Cc1ccncc1)C(=O)c1cc(S)ccc1C. The maximum absolute atomic E-state index is 12.6. The minimum absolute atomic E-state index is 0.0395. The van der Waals surface area contributed by atoms with Gasteiger partial charge in [0.2, 0.25) is 0 Å². The number of aryl methyl sites for hydroxylation is 1. The molecule has 0 unspecified atom stereocenters. The average molecular weight is 286 g/mol. The van der Waals surface area contributed by atoms with Gasteiger partial charge in [-0.15, -0.1) is 12.6 Å². The Labute approximate surface area is 125 Å². The lowest BCUT2D eigenvalue weighted by Gasteiger charge is -2.22. The molecule has 1 aromatic heterocycles. The molecule has 0 saturated heterocycles. The number of nitrogens with zero attached hydrogens (tertiary/aromatic N) is 2. The predicted molar refractivity (Wildman–Crippen MR) is 83.1 cm³/mol. The standard InChI is InChI=1S/C16H18N2OS/c1-3-18(11-13-6-8-17-9-7-13)16(19)15-10-14(20)5-4-12(15)2/h4-10,20H,3,11H2,1-2H3. The molecule has 0 aliphatic heterocycles. The number of thiol groups is 1. The van der Waals surface area contributed by atoms with E-state index in [1.807, 2.05) is 49.1 Å². The average Bonchev–Trinajstić information content (AvgIpc) is 2.47. The van der Waals surface area contributed by atoms with Gasteiger partial charge in [-0.05, 0) is 49.2 Å². The minimum Gasteiger partial charge on any atom is -0.335 e. The first-order valence-electron chi connectivity index (χ1n) is 6.59. The van der Waals surface area contributed by atoms with E-state index in [1.165, 1.54) is 0 Å². The topological polar surface area (TPSA) is 33.2 Å². The van der Waals surface area contributed by atoms with Crippen LogP contribution in [0.5, 0.6) is 0 Å². The van der Waals surface area contributed by atoms with Crippen LogP contribution in [0.25, 0.3) is 0 Å². The summed E-state index contributed by atoms with van der Waals surface area (Å²) >= 11 is 4.31. The second-order valence-electron chi connectivity index (χ2n) is 4.67. The van der Waals surface area contributed by atoms with E-state index in [0.717, 1.165) is 16.0 Å². The fraction of sp³-hybridized carbons (Fsp3) is 0.250. The Bertz CT molecular complexity index is 599. The van der Waals surface area contributed by atoms with Crippen molar-refractivity contribution in [3.8, 4) is 0 Å². The molecule has 0 spiro atoms. The van der Waals surface area contributed by atoms with Crippen LogP contribution < -0.4 is 0 Å². The van der Waals surface area contributed by atoms with Crippen LogP contribution in [0.3, 0.4) is 0 Å². The van der Waals surface area contributed by atoms with Crippen molar-refractivity contribution in [3.05, 3.63) is 59.4 Å². The zero-order valence-electron chi connectivity index (χ0n) is 11.7. The highest BCUT2D eigenvalue weighted by atomic mass is 32.1. The Morgan fingerprint density at radius 1 is 1.25 bits per heavy atom. The van der Waals surface area contributed by atoms with E-state index < -0.39 is 0 Å². The number of hydrogen-bond acceptors (Lipinski definition) is 3. The molecule has 0 radical (unpaired) electrons. The molecule has 3 nitrogen and oxygen atoms in total. The highest BCUT2D eigenvalue weighted by Crippen LogP contribution is 2.17. The van der Waals surface area contributed by atoms with E-state index in [0.29, 0.717) is 18.7 Å². The number of rotatable bonds is 4. The van der Waals surface area contributed by atoms with E-state index in [1.54, 1.807) is 12.4 Å². The Hall–Kier alpha value is -1.81. The van der Waals surface area contributed by atoms with Crippen molar-refractivity contribution in [2.45, 2.75) is 25.3 Å². The highest BCUT2D eigenvalue weighted by Gasteiger charge is 2.16. The van der Waals surface area contributed by atoms with E-state index in [-0.39, 0.29) is 5.91 Å².